The van der Waals surface area contributed by atoms with Crippen molar-refractivity contribution in [3.05, 3.63) is 67.9 Å². The van der Waals surface area contributed by atoms with Gasteiger partial charge in [0.15, 0.2) is 0 Å². The number of benzene rings is 2. The molecule has 0 radical (unpaired) electrons. The van der Waals surface area contributed by atoms with Gasteiger partial charge in [0, 0.05) is 9.50 Å². The molecule has 2 aromatic rings. The summed E-state index contributed by atoms with van der Waals surface area (Å²) in [6.07, 6.45) is 0. The zero-order valence-corrected chi connectivity index (χ0v) is 14.6. The number of nitrogens with one attached hydrogen (secondary N) is 1. The molecule has 0 aromatic heterocycles. The van der Waals surface area contributed by atoms with Gasteiger partial charge in [0.05, 0.1) is 6.04 Å². The van der Waals surface area contributed by atoms with Crippen molar-refractivity contribution >= 4 is 27.5 Å². The van der Waals surface area contributed by atoms with Crippen LogP contribution in [-0.2, 0) is 0 Å². The van der Waals surface area contributed by atoms with Gasteiger partial charge in [-0.15, -0.1) is 0 Å². The summed E-state index contributed by atoms with van der Waals surface area (Å²) in [5.41, 5.74) is 3.77. The summed E-state index contributed by atoms with van der Waals surface area (Å²) in [7, 11) is 0. The van der Waals surface area contributed by atoms with Crippen LogP contribution in [0, 0.1) is 19.7 Å². The zero-order valence-electron chi connectivity index (χ0n) is 12.3. The molecule has 112 valence electrons. The Kier molecular flexibility index (Phi) is 5.42. The molecule has 4 heteroatoms. The largest absolute Gasteiger partial charge is 0.306 e. The average molecular weight is 371 g/mol. The Morgan fingerprint density at radius 2 is 1.90 bits per heavy atom. The Morgan fingerprint density at radius 1 is 1.19 bits per heavy atom. The van der Waals surface area contributed by atoms with Gasteiger partial charge in [-0.25, -0.2) is 4.39 Å². The van der Waals surface area contributed by atoms with Crippen LogP contribution in [-0.4, -0.2) is 6.54 Å². The van der Waals surface area contributed by atoms with Crippen LogP contribution in [0.1, 0.15) is 35.2 Å². The molecule has 0 amide bonds. The van der Waals surface area contributed by atoms with E-state index in [0.29, 0.717) is 10.6 Å². The third-order valence-electron chi connectivity index (χ3n) is 3.53. The number of rotatable bonds is 4. The highest BCUT2D eigenvalue weighted by Crippen LogP contribution is 2.32. The van der Waals surface area contributed by atoms with E-state index in [2.05, 4.69) is 39.4 Å². The van der Waals surface area contributed by atoms with Gasteiger partial charge in [-0.1, -0.05) is 46.6 Å². The molecule has 2 aromatic carbocycles. The van der Waals surface area contributed by atoms with Crippen molar-refractivity contribution in [2.24, 2.45) is 0 Å². The van der Waals surface area contributed by atoms with E-state index in [1.54, 1.807) is 6.92 Å². The average Bonchev–Trinajstić information content (AvgIpc) is 2.44. The van der Waals surface area contributed by atoms with Crippen LogP contribution in [0.5, 0.6) is 0 Å². The van der Waals surface area contributed by atoms with Crippen molar-refractivity contribution in [1.82, 2.24) is 5.32 Å². The van der Waals surface area contributed by atoms with Gasteiger partial charge >= 0.3 is 0 Å². The number of aryl methyl sites for hydroxylation is 2. The summed E-state index contributed by atoms with van der Waals surface area (Å²) in [5.74, 6) is -0.274. The molecule has 0 aliphatic rings. The van der Waals surface area contributed by atoms with Crippen LogP contribution in [0.3, 0.4) is 0 Å². The van der Waals surface area contributed by atoms with Crippen molar-refractivity contribution in [1.29, 1.82) is 0 Å². The molecule has 2 rings (SSSR count). The maximum absolute atomic E-state index is 13.6. The minimum absolute atomic E-state index is 0.0568. The van der Waals surface area contributed by atoms with Gasteiger partial charge < -0.3 is 5.32 Å². The highest BCUT2D eigenvalue weighted by Gasteiger charge is 2.18. The number of hydrogen-bond acceptors (Lipinski definition) is 1. The smallest absolute Gasteiger partial charge is 0.127 e. The Hall–Kier alpha value is -0.900. The monoisotopic (exact) mass is 369 g/mol. The summed E-state index contributed by atoms with van der Waals surface area (Å²) < 4.78 is 14.7. The molecular formula is C17H18BrClFN. The van der Waals surface area contributed by atoms with Crippen molar-refractivity contribution in [2.45, 2.75) is 26.8 Å². The first-order valence-corrected chi connectivity index (χ1v) is 8.06. The molecule has 0 bridgehead atoms. The van der Waals surface area contributed by atoms with E-state index in [1.165, 1.54) is 11.6 Å². The SMILES string of the molecule is CCNC(c1ccc(C)c(Br)c1)c1cc(C)c(F)cc1Cl. The van der Waals surface area contributed by atoms with Crippen molar-refractivity contribution in [3.8, 4) is 0 Å². The topological polar surface area (TPSA) is 12.0 Å². The van der Waals surface area contributed by atoms with Crippen molar-refractivity contribution in [3.63, 3.8) is 0 Å². The maximum atomic E-state index is 13.6. The van der Waals surface area contributed by atoms with Crippen LogP contribution < -0.4 is 5.32 Å². The van der Waals surface area contributed by atoms with Crippen molar-refractivity contribution < 1.29 is 4.39 Å². The third kappa shape index (κ3) is 3.65. The Labute approximate surface area is 138 Å². The van der Waals surface area contributed by atoms with Crippen LogP contribution in [0.4, 0.5) is 4.39 Å². The lowest BCUT2D eigenvalue weighted by atomic mass is 9.96. The molecule has 0 saturated heterocycles. The molecule has 0 aliphatic heterocycles. The molecule has 0 aliphatic carbocycles. The van der Waals surface area contributed by atoms with Crippen molar-refractivity contribution in [2.75, 3.05) is 6.54 Å². The number of hydrogen-bond donors (Lipinski definition) is 1. The van der Waals surface area contributed by atoms with Gasteiger partial charge in [-0.05, 0) is 60.8 Å². The molecule has 21 heavy (non-hydrogen) atoms. The fourth-order valence-corrected chi connectivity index (χ4v) is 2.96. The zero-order chi connectivity index (χ0) is 15.6. The maximum Gasteiger partial charge on any atom is 0.127 e. The first-order chi connectivity index (χ1) is 9.93. The second-order valence-electron chi connectivity index (χ2n) is 5.12. The minimum Gasteiger partial charge on any atom is -0.306 e. The van der Waals surface area contributed by atoms with E-state index in [-0.39, 0.29) is 11.9 Å². The lowest BCUT2D eigenvalue weighted by molar-refractivity contribution is 0.606. The summed E-state index contributed by atoms with van der Waals surface area (Å²) in [6.45, 7) is 6.64. The normalized spacial score (nSPS) is 12.5. The molecule has 1 unspecified atom stereocenters. The molecule has 0 spiro atoms. The van der Waals surface area contributed by atoms with Gasteiger partial charge in [0.25, 0.3) is 0 Å². The second kappa shape index (κ2) is 6.91. The van der Waals surface area contributed by atoms with E-state index in [9.17, 15) is 4.39 Å². The van der Waals surface area contributed by atoms with Gasteiger partial charge in [0.1, 0.15) is 5.82 Å². The molecule has 0 heterocycles. The molecular weight excluding hydrogens is 353 g/mol. The lowest BCUT2D eigenvalue weighted by Crippen LogP contribution is -2.22. The predicted molar refractivity (Wildman–Crippen MR) is 90.5 cm³/mol. The first-order valence-electron chi connectivity index (χ1n) is 6.89. The highest BCUT2D eigenvalue weighted by molar-refractivity contribution is 9.10. The van der Waals surface area contributed by atoms with Gasteiger partial charge in [-0.3, -0.25) is 0 Å². The van der Waals surface area contributed by atoms with E-state index in [1.807, 2.05) is 19.9 Å². The second-order valence-corrected chi connectivity index (χ2v) is 6.38. The van der Waals surface area contributed by atoms with Crippen LogP contribution in [0.2, 0.25) is 5.02 Å². The van der Waals surface area contributed by atoms with Crippen LogP contribution >= 0.6 is 27.5 Å². The van der Waals surface area contributed by atoms with Gasteiger partial charge in [0.2, 0.25) is 0 Å². The minimum atomic E-state index is -0.274. The fraction of sp³-hybridized carbons (Fsp3) is 0.294. The number of halogens is 3. The molecule has 1 atom stereocenters. The van der Waals surface area contributed by atoms with E-state index >= 15 is 0 Å². The summed E-state index contributed by atoms with van der Waals surface area (Å²) in [4.78, 5) is 0. The molecule has 1 nitrogen and oxygen atoms in total. The Balaban J connectivity index is 2.52. The Bertz CT molecular complexity index is 657. The van der Waals surface area contributed by atoms with E-state index in [4.69, 9.17) is 11.6 Å². The van der Waals surface area contributed by atoms with Gasteiger partial charge in [-0.2, -0.15) is 0 Å². The summed E-state index contributed by atoms with van der Waals surface area (Å²) >= 11 is 9.82. The first kappa shape index (κ1) is 16.5. The molecule has 0 saturated carbocycles. The summed E-state index contributed by atoms with van der Waals surface area (Å²) in [5, 5.41) is 3.87. The van der Waals surface area contributed by atoms with Crippen LogP contribution in [0.25, 0.3) is 0 Å². The highest BCUT2D eigenvalue weighted by atomic mass is 79.9. The standard InChI is InChI=1S/C17H18BrClFN/c1-4-21-17(12-6-5-10(2)14(18)8-12)13-7-11(3)16(20)9-15(13)19/h5-9,17,21H,4H2,1-3H3. The van der Waals surface area contributed by atoms with E-state index in [0.717, 1.165) is 22.1 Å². The molecule has 1 N–H and O–H groups in total. The lowest BCUT2D eigenvalue weighted by Gasteiger charge is -2.21. The van der Waals surface area contributed by atoms with Crippen LogP contribution in [0.15, 0.2) is 34.8 Å². The predicted octanol–water partition coefficient (Wildman–Crippen LogP) is 5.56. The fourth-order valence-electron chi connectivity index (χ4n) is 2.30. The van der Waals surface area contributed by atoms with E-state index < -0.39 is 0 Å². The molecule has 0 fully saturated rings. The third-order valence-corrected chi connectivity index (χ3v) is 4.71. The Morgan fingerprint density at radius 3 is 2.52 bits per heavy atom. The summed E-state index contributed by atoms with van der Waals surface area (Å²) in [6, 6.07) is 9.37. The quantitative estimate of drug-likeness (QED) is 0.743.